The number of fused-ring (bicyclic) bond motifs is 38. The van der Waals surface area contributed by atoms with Crippen LogP contribution < -0.4 is 0 Å². The van der Waals surface area contributed by atoms with E-state index < -0.39 is 0 Å². The topological polar surface area (TPSA) is 73.9 Å². The van der Waals surface area contributed by atoms with Gasteiger partial charge in [0.2, 0.25) is 5.71 Å². The molecule has 0 saturated heterocycles. The van der Waals surface area contributed by atoms with Gasteiger partial charge in [0.25, 0.3) is 0 Å². The van der Waals surface area contributed by atoms with Crippen LogP contribution in [0.5, 0.6) is 0 Å². The normalized spacial score (nSPS) is 18.8. The number of furan rings is 1. The third-order valence-corrected chi connectivity index (χ3v) is 30.3. The van der Waals surface area contributed by atoms with Crippen molar-refractivity contribution < 1.29 is 9.15 Å². The van der Waals surface area contributed by atoms with Gasteiger partial charge in [-0.15, -0.1) is 11.3 Å². The SMILES string of the molecule is Cc1cc2nc(-c3cccc(-c4ccccc4)c3)c3c(c2cc1C)C1OC3c2ccccc21.Cc1cc2nc(-c3cccc(-c4ccccc4)c3)c3c(c2cc1CC(C)C)C1CCC3C1.Cc1cccc(C)c1-c1ccc(-c2nc3oc4ccccc4c3c3c2C2CCC3C2)cc1.c1ccc(-c2nc3sc4ccccc4c3c3c2C2CC3c3ccccc32)cc1. The Morgan fingerprint density at radius 3 is 1.42 bits per heavy atom. The van der Waals surface area contributed by atoms with Crippen molar-refractivity contribution in [2.24, 2.45) is 5.92 Å². The molecule has 6 aliphatic carbocycles. The van der Waals surface area contributed by atoms with E-state index in [0.29, 0.717) is 41.4 Å². The summed E-state index contributed by atoms with van der Waals surface area (Å²) in [5.74, 6) is 4.32. The second kappa shape index (κ2) is 30.1. The number of pyridine rings is 4. The second-order valence-corrected chi connectivity index (χ2v) is 38.1. The average Bonchev–Trinajstić information content (AvgIpc) is 1.54. The molecule has 0 spiro atoms. The molecule has 606 valence electrons. The quantitative estimate of drug-likeness (QED) is 0.143. The molecule has 8 unspecified atom stereocenters. The molecule has 8 bridgehead atoms. The van der Waals surface area contributed by atoms with E-state index in [0.717, 1.165) is 40.2 Å². The molecule has 13 aromatic carbocycles. The van der Waals surface area contributed by atoms with Gasteiger partial charge in [-0.3, -0.25) is 0 Å². The van der Waals surface area contributed by atoms with E-state index in [9.17, 15) is 0 Å². The first-order chi connectivity index (χ1) is 61.4. The lowest BCUT2D eigenvalue weighted by atomic mass is 9.81. The van der Waals surface area contributed by atoms with Gasteiger partial charge in [-0.1, -0.05) is 269 Å². The lowest BCUT2D eigenvalue weighted by Crippen LogP contribution is -2.08. The lowest BCUT2D eigenvalue weighted by Gasteiger charge is -2.22. The molecule has 0 amide bonds. The molecule has 8 aliphatic rings. The first-order valence-electron chi connectivity index (χ1n) is 45.3. The Labute approximate surface area is 734 Å². The highest BCUT2D eigenvalue weighted by atomic mass is 32.1. The van der Waals surface area contributed by atoms with Crippen LogP contribution in [0.3, 0.4) is 0 Å². The van der Waals surface area contributed by atoms with E-state index >= 15 is 0 Å². The predicted molar refractivity (Wildman–Crippen MR) is 517 cm³/mol. The third-order valence-electron chi connectivity index (χ3n) is 29.3. The minimum Gasteiger partial charge on any atom is -0.438 e. The van der Waals surface area contributed by atoms with Gasteiger partial charge >= 0.3 is 0 Å². The fraction of sp³-hybridized carbons (Fsp3) is 0.203. The summed E-state index contributed by atoms with van der Waals surface area (Å²) in [4.78, 5) is 22.2. The standard InChI is InChI=1S/C31H23NO.C31H31N.C30H25NO.C26H17NS/c1-18-15-25-26(16-19(18)2)32-29(22-12-8-11-21(17-22)20-9-4-3-5-10-20)28-27(25)30-23-13-6-7-14-24(23)31(28)33-30;1-19(2)14-26-18-27-28(15-20(26)3)32-31(30-24-13-12-23(17-24)29(27)30)25-11-7-10-22(16-25)21-8-5-4-6-9-21;1-17-6-5-7-18(2)25(17)19-10-12-20(13-11-19)29-27-22-15-14-21(16-22)26(27)28-23-8-3-4-9-24(23)32-30(28)31-29;1-2-8-15(9-3-1)25-23-20-14-19(16-10-4-5-11-17(16)20)22(23)24-18-12-6-7-13-21(18)28-26(24)27-25/h3-17,30-31H,1-2H3;4-11,15-16,18-19,23-24H,12-14,17H2,1-3H3;3-13,21-22H,14-16H2,1-2H3;1-13,19-20H,14H2. The summed E-state index contributed by atoms with van der Waals surface area (Å²) >= 11 is 1.83. The van der Waals surface area contributed by atoms with E-state index in [1.807, 2.05) is 17.4 Å². The van der Waals surface area contributed by atoms with E-state index in [-0.39, 0.29) is 12.2 Å². The molecule has 125 heavy (non-hydrogen) atoms. The van der Waals surface area contributed by atoms with Gasteiger partial charge in [0.1, 0.15) is 22.6 Å². The van der Waals surface area contributed by atoms with Crippen LogP contribution in [-0.4, -0.2) is 19.9 Å². The number of aromatic nitrogens is 4. The lowest BCUT2D eigenvalue weighted by molar-refractivity contribution is 0.0863. The highest BCUT2D eigenvalue weighted by molar-refractivity contribution is 7.25. The minimum absolute atomic E-state index is 0.0233. The fourth-order valence-electron chi connectivity index (χ4n) is 23.7. The second-order valence-electron chi connectivity index (χ2n) is 37.1. The Bertz CT molecular complexity index is 7590. The molecule has 27 rings (SSSR count). The number of rotatable bonds is 9. The van der Waals surface area contributed by atoms with Crippen LogP contribution in [0.1, 0.15) is 207 Å². The molecule has 2 fully saturated rings. The molecular formula is C118H96N4O2S. The monoisotopic (exact) mass is 1630 g/mol. The first-order valence-corrected chi connectivity index (χ1v) is 46.2. The van der Waals surface area contributed by atoms with Crippen molar-refractivity contribution in [3.8, 4) is 78.4 Å². The van der Waals surface area contributed by atoms with Crippen molar-refractivity contribution >= 4 is 75.5 Å². The summed E-state index contributed by atoms with van der Waals surface area (Å²) in [6.07, 6.45) is 10.1. The van der Waals surface area contributed by atoms with Gasteiger partial charge in [0.05, 0.1) is 39.2 Å². The number of para-hydroxylation sites is 1. The maximum atomic E-state index is 6.63. The largest absolute Gasteiger partial charge is 0.438 e. The molecule has 7 heteroatoms. The molecule has 6 aromatic heterocycles. The third kappa shape index (κ3) is 12.5. The van der Waals surface area contributed by atoms with Crippen molar-refractivity contribution in [1.29, 1.82) is 0 Å². The van der Waals surface area contributed by atoms with Crippen LogP contribution in [-0.2, 0) is 11.2 Å². The summed E-state index contributed by atoms with van der Waals surface area (Å²) in [6.45, 7) is 15.6. The molecule has 2 saturated carbocycles. The number of hydrogen-bond donors (Lipinski definition) is 0. The van der Waals surface area contributed by atoms with E-state index in [1.165, 1.54) is 237 Å². The zero-order chi connectivity index (χ0) is 83.6. The predicted octanol–water partition coefficient (Wildman–Crippen LogP) is 31.5. The molecular weight excluding hydrogens is 1540 g/mol. The zero-order valence-electron chi connectivity index (χ0n) is 71.7. The van der Waals surface area contributed by atoms with E-state index in [4.69, 9.17) is 29.1 Å². The van der Waals surface area contributed by atoms with Crippen LogP contribution >= 0.6 is 11.3 Å². The smallest absolute Gasteiger partial charge is 0.228 e. The maximum Gasteiger partial charge on any atom is 0.228 e. The van der Waals surface area contributed by atoms with E-state index in [2.05, 4.69) is 346 Å². The number of hydrogen-bond acceptors (Lipinski definition) is 7. The number of ether oxygens (including phenoxy) is 1. The van der Waals surface area contributed by atoms with Gasteiger partial charge in [0, 0.05) is 76.8 Å². The Morgan fingerprint density at radius 1 is 0.320 bits per heavy atom. The fourth-order valence-corrected chi connectivity index (χ4v) is 24.8. The van der Waals surface area contributed by atoms with Crippen molar-refractivity contribution in [1.82, 2.24) is 19.9 Å². The number of aryl methyl sites for hydroxylation is 5. The van der Waals surface area contributed by atoms with Crippen molar-refractivity contribution in [3.63, 3.8) is 0 Å². The number of benzene rings is 13. The number of thiophene rings is 1. The minimum atomic E-state index is -0.0601. The number of nitrogens with zero attached hydrogens (tertiary/aromatic N) is 4. The van der Waals surface area contributed by atoms with Gasteiger partial charge in [-0.2, -0.15) is 0 Å². The molecule has 2 aliphatic heterocycles. The van der Waals surface area contributed by atoms with Crippen molar-refractivity contribution in [2.45, 2.75) is 148 Å². The summed E-state index contributed by atoms with van der Waals surface area (Å²) in [6, 6.07) is 110. The average molecular weight is 1630 g/mol. The molecule has 0 N–H and O–H groups in total. The van der Waals surface area contributed by atoms with Gasteiger partial charge in [-0.05, 0) is 287 Å². The highest BCUT2D eigenvalue weighted by Gasteiger charge is 2.48. The molecule has 19 aromatic rings. The molecule has 6 nitrogen and oxygen atoms in total. The molecule has 0 radical (unpaired) electrons. The van der Waals surface area contributed by atoms with Crippen molar-refractivity contribution in [3.05, 3.63) is 403 Å². The Kier molecular flexibility index (Phi) is 18.3. The van der Waals surface area contributed by atoms with Crippen LogP contribution in [0.25, 0.3) is 143 Å². The Morgan fingerprint density at radius 2 is 0.784 bits per heavy atom. The first kappa shape index (κ1) is 75.7. The Hall–Kier alpha value is -13.0. The summed E-state index contributed by atoms with van der Waals surface area (Å²) in [5, 5.41) is 7.90. The van der Waals surface area contributed by atoms with Crippen LogP contribution in [0.15, 0.2) is 308 Å². The van der Waals surface area contributed by atoms with Gasteiger partial charge in [0.15, 0.2) is 0 Å². The summed E-state index contributed by atoms with van der Waals surface area (Å²) in [5.41, 5.74) is 46.4. The van der Waals surface area contributed by atoms with Gasteiger partial charge < -0.3 is 9.15 Å². The summed E-state index contributed by atoms with van der Waals surface area (Å²) in [7, 11) is 0. The molecule has 8 atom stereocenters. The summed E-state index contributed by atoms with van der Waals surface area (Å²) < 4.78 is 14.2. The van der Waals surface area contributed by atoms with Crippen LogP contribution in [0.4, 0.5) is 0 Å². The zero-order valence-corrected chi connectivity index (χ0v) is 72.6. The highest BCUT2D eigenvalue weighted by Crippen LogP contribution is 2.64. The van der Waals surface area contributed by atoms with Crippen molar-refractivity contribution in [2.75, 3.05) is 0 Å². The Balaban J connectivity index is 0.0000000936. The molecule has 8 heterocycles. The van der Waals surface area contributed by atoms with Crippen LogP contribution in [0.2, 0.25) is 0 Å². The van der Waals surface area contributed by atoms with Crippen LogP contribution in [0, 0.1) is 40.5 Å². The van der Waals surface area contributed by atoms with E-state index in [1.54, 1.807) is 16.7 Å². The van der Waals surface area contributed by atoms with Gasteiger partial charge in [-0.25, -0.2) is 19.9 Å². The maximum absolute atomic E-state index is 6.63.